The Hall–Kier alpha value is -1.04. The van der Waals surface area contributed by atoms with Gasteiger partial charge in [0.1, 0.15) is 0 Å². The summed E-state index contributed by atoms with van der Waals surface area (Å²) in [6.07, 6.45) is 0. The average Bonchev–Trinajstić information content (AvgIpc) is 2.03. The number of hydrogen-bond donors (Lipinski definition) is 0. The van der Waals surface area contributed by atoms with Gasteiger partial charge in [0.15, 0.2) is 0 Å². The van der Waals surface area contributed by atoms with Crippen molar-refractivity contribution >= 4 is 5.57 Å². The minimum atomic E-state index is 0.162. The van der Waals surface area contributed by atoms with Crippen molar-refractivity contribution in [3.05, 3.63) is 42.0 Å². The van der Waals surface area contributed by atoms with Crippen LogP contribution in [0, 0.1) is 12.3 Å². The highest BCUT2D eigenvalue weighted by atomic mass is 14.2. The van der Waals surface area contributed by atoms with E-state index >= 15 is 0 Å². The minimum absolute atomic E-state index is 0.162. The molecule has 0 saturated carbocycles. The summed E-state index contributed by atoms with van der Waals surface area (Å²) in [4.78, 5) is 0. The van der Waals surface area contributed by atoms with Gasteiger partial charge in [-0.05, 0) is 23.5 Å². The van der Waals surface area contributed by atoms with Crippen LogP contribution in [0.1, 0.15) is 31.9 Å². The van der Waals surface area contributed by atoms with E-state index in [1.807, 2.05) is 0 Å². The predicted molar refractivity (Wildman–Crippen MR) is 59.7 cm³/mol. The van der Waals surface area contributed by atoms with E-state index in [-0.39, 0.29) is 5.41 Å². The molecule has 0 atom stereocenters. The average molecular weight is 174 g/mol. The molecule has 0 amide bonds. The van der Waals surface area contributed by atoms with Gasteiger partial charge in [-0.3, -0.25) is 0 Å². The Bertz CT molecular complexity index is 296. The lowest BCUT2D eigenvalue weighted by molar-refractivity contribution is 0.568. The first-order valence-electron chi connectivity index (χ1n) is 4.67. The van der Waals surface area contributed by atoms with E-state index in [9.17, 15) is 0 Å². The van der Waals surface area contributed by atoms with Crippen molar-refractivity contribution in [2.45, 2.75) is 27.7 Å². The highest BCUT2D eigenvalue weighted by Gasteiger charge is 2.15. The maximum absolute atomic E-state index is 4.13. The molecule has 0 unspecified atom stereocenters. The van der Waals surface area contributed by atoms with Gasteiger partial charge in [0.05, 0.1) is 0 Å². The molecular formula is C13H18. The molecule has 0 aromatic heterocycles. The molecule has 70 valence electrons. The van der Waals surface area contributed by atoms with Crippen LogP contribution in [0.15, 0.2) is 30.8 Å². The summed E-state index contributed by atoms with van der Waals surface area (Å²) in [6.45, 7) is 12.8. The molecule has 0 N–H and O–H groups in total. The summed E-state index contributed by atoms with van der Waals surface area (Å²) in [5, 5.41) is 0. The van der Waals surface area contributed by atoms with Crippen LogP contribution in [0.5, 0.6) is 0 Å². The fourth-order valence-corrected chi connectivity index (χ4v) is 1.19. The zero-order valence-corrected chi connectivity index (χ0v) is 9.02. The van der Waals surface area contributed by atoms with Crippen molar-refractivity contribution in [2.75, 3.05) is 0 Å². The molecule has 0 aliphatic carbocycles. The van der Waals surface area contributed by atoms with Gasteiger partial charge in [0.25, 0.3) is 0 Å². The molecule has 0 heteroatoms. The second-order valence-electron chi connectivity index (χ2n) is 4.59. The van der Waals surface area contributed by atoms with Gasteiger partial charge in [0, 0.05) is 0 Å². The topological polar surface area (TPSA) is 0 Å². The molecule has 0 saturated heterocycles. The molecule has 0 heterocycles. The number of benzene rings is 1. The number of aryl methyl sites for hydroxylation is 1. The van der Waals surface area contributed by atoms with E-state index in [0.717, 1.165) is 0 Å². The molecule has 1 aromatic carbocycles. The van der Waals surface area contributed by atoms with Gasteiger partial charge in [-0.1, -0.05) is 57.2 Å². The smallest absolute Gasteiger partial charge is 0.0132 e. The first kappa shape index (κ1) is 10.0. The predicted octanol–water partition coefficient (Wildman–Crippen LogP) is 4.05. The molecule has 1 rings (SSSR count). The van der Waals surface area contributed by atoms with Gasteiger partial charge in [-0.2, -0.15) is 0 Å². The van der Waals surface area contributed by atoms with Crippen LogP contribution in [-0.4, -0.2) is 0 Å². The van der Waals surface area contributed by atoms with Gasteiger partial charge in [-0.25, -0.2) is 0 Å². The molecular weight excluding hydrogens is 156 g/mol. The largest absolute Gasteiger partial charge is 0.0947 e. The normalized spacial score (nSPS) is 11.4. The van der Waals surface area contributed by atoms with Crippen LogP contribution in [0.25, 0.3) is 5.57 Å². The Morgan fingerprint density at radius 1 is 1.08 bits per heavy atom. The second-order valence-corrected chi connectivity index (χ2v) is 4.59. The lowest BCUT2D eigenvalue weighted by Crippen LogP contribution is -2.06. The number of allylic oxidation sites excluding steroid dienone is 1. The Labute approximate surface area is 81.3 Å². The zero-order valence-electron chi connectivity index (χ0n) is 9.02. The Morgan fingerprint density at radius 2 is 1.54 bits per heavy atom. The third kappa shape index (κ3) is 2.45. The summed E-state index contributed by atoms with van der Waals surface area (Å²) in [7, 11) is 0. The maximum atomic E-state index is 4.13. The van der Waals surface area contributed by atoms with Gasteiger partial charge >= 0.3 is 0 Å². The third-order valence-electron chi connectivity index (χ3n) is 2.31. The molecule has 0 nitrogen and oxygen atoms in total. The molecule has 0 radical (unpaired) electrons. The quantitative estimate of drug-likeness (QED) is 0.602. The SMILES string of the molecule is C=C(c1ccc(C)cc1)C(C)(C)C. The van der Waals surface area contributed by atoms with E-state index in [4.69, 9.17) is 0 Å². The molecule has 0 aliphatic heterocycles. The Kier molecular flexibility index (Phi) is 2.60. The van der Waals surface area contributed by atoms with Crippen LogP contribution >= 0.6 is 0 Å². The minimum Gasteiger partial charge on any atom is -0.0947 e. The summed E-state index contributed by atoms with van der Waals surface area (Å²) < 4.78 is 0. The van der Waals surface area contributed by atoms with E-state index in [0.29, 0.717) is 0 Å². The fraction of sp³-hybridized carbons (Fsp3) is 0.385. The molecule has 0 spiro atoms. The molecule has 0 fully saturated rings. The molecule has 0 aliphatic rings. The van der Waals surface area contributed by atoms with Gasteiger partial charge < -0.3 is 0 Å². The van der Waals surface area contributed by atoms with E-state index in [1.54, 1.807) is 0 Å². The van der Waals surface area contributed by atoms with Crippen LogP contribution in [0.2, 0.25) is 0 Å². The molecule has 1 aromatic rings. The first-order chi connectivity index (χ1) is 5.91. The van der Waals surface area contributed by atoms with Gasteiger partial charge in [-0.15, -0.1) is 0 Å². The van der Waals surface area contributed by atoms with Crippen molar-refractivity contribution in [2.24, 2.45) is 5.41 Å². The van der Waals surface area contributed by atoms with Crippen LogP contribution in [0.3, 0.4) is 0 Å². The standard InChI is InChI=1S/C13H18/c1-10-6-8-12(9-7-10)11(2)13(3,4)5/h6-9H,2H2,1,3-5H3. The van der Waals surface area contributed by atoms with E-state index in [2.05, 4.69) is 58.5 Å². The van der Waals surface area contributed by atoms with Crippen LogP contribution in [-0.2, 0) is 0 Å². The monoisotopic (exact) mass is 174 g/mol. The molecule has 0 bridgehead atoms. The summed E-state index contributed by atoms with van der Waals surface area (Å²) in [5.74, 6) is 0. The summed E-state index contributed by atoms with van der Waals surface area (Å²) >= 11 is 0. The number of rotatable bonds is 1. The van der Waals surface area contributed by atoms with E-state index < -0.39 is 0 Å². The highest BCUT2D eigenvalue weighted by molar-refractivity contribution is 5.67. The zero-order chi connectivity index (χ0) is 10.1. The second kappa shape index (κ2) is 3.37. The Morgan fingerprint density at radius 3 is 1.92 bits per heavy atom. The fourth-order valence-electron chi connectivity index (χ4n) is 1.19. The van der Waals surface area contributed by atoms with Crippen LogP contribution < -0.4 is 0 Å². The maximum Gasteiger partial charge on any atom is -0.0132 e. The lowest BCUT2D eigenvalue weighted by atomic mass is 9.83. The van der Waals surface area contributed by atoms with Crippen molar-refractivity contribution in [1.29, 1.82) is 0 Å². The summed E-state index contributed by atoms with van der Waals surface area (Å²) in [5.41, 5.74) is 3.91. The molecule has 13 heavy (non-hydrogen) atoms. The number of hydrogen-bond acceptors (Lipinski definition) is 0. The van der Waals surface area contributed by atoms with E-state index in [1.165, 1.54) is 16.7 Å². The van der Waals surface area contributed by atoms with Crippen LogP contribution in [0.4, 0.5) is 0 Å². The van der Waals surface area contributed by atoms with Crippen molar-refractivity contribution in [3.8, 4) is 0 Å². The summed E-state index contributed by atoms with van der Waals surface area (Å²) in [6, 6.07) is 8.55. The highest BCUT2D eigenvalue weighted by Crippen LogP contribution is 2.31. The van der Waals surface area contributed by atoms with Crippen molar-refractivity contribution in [1.82, 2.24) is 0 Å². The lowest BCUT2D eigenvalue weighted by Gasteiger charge is -2.22. The van der Waals surface area contributed by atoms with Gasteiger partial charge in [0.2, 0.25) is 0 Å². The third-order valence-corrected chi connectivity index (χ3v) is 2.31. The van der Waals surface area contributed by atoms with Crippen molar-refractivity contribution in [3.63, 3.8) is 0 Å². The Balaban J connectivity index is 2.97. The van der Waals surface area contributed by atoms with Crippen molar-refractivity contribution < 1.29 is 0 Å². The first-order valence-corrected chi connectivity index (χ1v) is 4.67.